The summed E-state index contributed by atoms with van der Waals surface area (Å²) in [7, 11) is 3.79. The Kier molecular flexibility index (Phi) is 10.4. The van der Waals surface area contributed by atoms with Gasteiger partial charge in [0.15, 0.2) is 0 Å². The van der Waals surface area contributed by atoms with Crippen LogP contribution in [-0.2, 0) is 18.4 Å². The number of thioether (sulfide) groups is 1. The van der Waals surface area contributed by atoms with E-state index < -0.39 is 23.4 Å². The Labute approximate surface area is 286 Å². The van der Waals surface area contributed by atoms with Gasteiger partial charge in [0.25, 0.3) is 5.91 Å². The lowest BCUT2D eigenvalue weighted by atomic mass is 9.87. The first-order valence-electron chi connectivity index (χ1n) is 15.5. The maximum absolute atomic E-state index is 13.7. The van der Waals surface area contributed by atoms with E-state index in [1.165, 1.54) is 0 Å². The predicted molar refractivity (Wildman–Crippen MR) is 186 cm³/mol. The van der Waals surface area contributed by atoms with Crippen molar-refractivity contribution < 1.29 is 22.8 Å². The highest BCUT2D eigenvalue weighted by Crippen LogP contribution is 2.39. The summed E-state index contributed by atoms with van der Waals surface area (Å²) in [4.78, 5) is 37.3. The fraction of sp³-hybridized carbons (Fsp3) is 0.515. The minimum absolute atomic E-state index is 0.0642. The topological polar surface area (TPSA) is 91.6 Å². The number of hydrogen-bond acceptors (Lipinski definition) is 6. The Morgan fingerprint density at radius 3 is 2.45 bits per heavy atom. The number of anilines is 3. The molecule has 2 heterocycles. The lowest BCUT2D eigenvalue weighted by Gasteiger charge is -2.28. The van der Waals surface area contributed by atoms with Gasteiger partial charge in [-0.1, -0.05) is 50.0 Å². The van der Waals surface area contributed by atoms with Crippen molar-refractivity contribution in [3.05, 3.63) is 45.4 Å². The molecule has 2 N–H and O–H groups in total. The number of fused-ring (bicyclic) bond motifs is 1. The maximum Gasteiger partial charge on any atom is 0.391 e. The van der Waals surface area contributed by atoms with E-state index >= 15 is 0 Å². The molecule has 2 fully saturated rings. The highest BCUT2D eigenvalue weighted by Gasteiger charge is 2.41. The first kappa shape index (κ1) is 35.3. The van der Waals surface area contributed by atoms with E-state index in [2.05, 4.69) is 20.5 Å². The second-order valence-corrected chi connectivity index (χ2v) is 15.2. The SMILES string of the molecule is CN(c1cc2c(cc1C(=O)N=C1CCC(C(F)(F)F)CC1)nc(Nc1c(Cl)ccc(CNC(=O)C(C)(C)C)c1Cl)n2C)C1CCSC1. The van der Waals surface area contributed by atoms with E-state index in [4.69, 9.17) is 28.2 Å². The fourth-order valence-electron chi connectivity index (χ4n) is 5.82. The molecular formula is C33H39Cl2F3N6O2S. The quantitative estimate of drug-likeness (QED) is 0.255. The molecule has 1 saturated carbocycles. The van der Waals surface area contributed by atoms with E-state index in [1.807, 2.05) is 57.3 Å². The summed E-state index contributed by atoms with van der Waals surface area (Å²) < 4.78 is 41.5. The minimum atomic E-state index is -4.24. The Morgan fingerprint density at radius 1 is 1.13 bits per heavy atom. The minimum Gasteiger partial charge on any atom is -0.370 e. The van der Waals surface area contributed by atoms with Crippen LogP contribution in [0.1, 0.15) is 68.8 Å². The molecule has 0 spiro atoms. The number of halogens is 5. The third-order valence-electron chi connectivity index (χ3n) is 8.88. The lowest BCUT2D eigenvalue weighted by Crippen LogP contribution is -2.34. The number of alkyl halides is 3. The summed E-state index contributed by atoms with van der Waals surface area (Å²) in [5.41, 5.74) is 3.33. The number of carbonyl (C=O) groups excluding carboxylic acids is 2. The smallest absolute Gasteiger partial charge is 0.370 e. The monoisotopic (exact) mass is 710 g/mol. The molecule has 1 atom stereocenters. The number of amides is 2. The van der Waals surface area contributed by atoms with Crippen LogP contribution in [0.15, 0.2) is 29.3 Å². The van der Waals surface area contributed by atoms with Crippen LogP contribution in [0, 0.1) is 11.3 Å². The Bertz CT molecular complexity index is 1700. The van der Waals surface area contributed by atoms with Gasteiger partial charge in [-0.3, -0.25) is 9.59 Å². The molecule has 1 saturated heterocycles. The molecule has 1 aliphatic carbocycles. The van der Waals surface area contributed by atoms with Crippen LogP contribution in [0.25, 0.3) is 11.0 Å². The van der Waals surface area contributed by atoms with Crippen LogP contribution in [-0.4, -0.2) is 57.8 Å². The molecule has 1 unspecified atom stereocenters. The van der Waals surface area contributed by atoms with E-state index in [0.717, 1.165) is 23.4 Å². The van der Waals surface area contributed by atoms with Crippen molar-refractivity contribution in [2.75, 3.05) is 28.8 Å². The molecule has 0 radical (unpaired) electrons. The zero-order valence-corrected chi connectivity index (χ0v) is 29.4. The van der Waals surface area contributed by atoms with Crippen molar-refractivity contribution >= 4 is 80.8 Å². The summed E-state index contributed by atoms with van der Waals surface area (Å²) >= 11 is 15.2. The molecule has 1 aromatic heterocycles. The summed E-state index contributed by atoms with van der Waals surface area (Å²) in [6, 6.07) is 7.27. The molecule has 47 heavy (non-hydrogen) atoms. The van der Waals surface area contributed by atoms with Crippen LogP contribution in [0.2, 0.25) is 10.0 Å². The number of nitrogens with one attached hydrogen (secondary N) is 2. The van der Waals surface area contributed by atoms with E-state index in [1.54, 1.807) is 18.2 Å². The molecule has 1 aliphatic heterocycles. The van der Waals surface area contributed by atoms with Crippen LogP contribution in [0.4, 0.5) is 30.5 Å². The van der Waals surface area contributed by atoms with Crippen LogP contribution < -0.4 is 15.5 Å². The van der Waals surface area contributed by atoms with Gasteiger partial charge in [0.2, 0.25) is 11.9 Å². The van der Waals surface area contributed by atoms with Gasteiger partial charge in [-0.25, -0.2) is 9.98 Å². The molecule has 0 bridgehead atoms. The van der Waals surface area contributed by atoms with Gasteiger partial charge in [0, 0.05) is 43.6 Å². The molecule has 8 nitrogen and oxygen atoms in total. The van der Waals surface area contributed by atoms with Gasteiger partial charge in [-0.2, -0.15) is 24.9 Å². The zero-order chi connectivity index (χ0) is 34.3. The molecule has 254 valence electrons. The number of hydrogen-bond donors (Lipinski definition) is 2. The van der Waals surface area contributed by atoms with E-state index in [9.17, 15) is 22.8 Å². The number of aryl methyl sites for hydroxylation is 1. The van der Waals surface area contributed by atoms with Crippen LogP contribution >= 0.6 is 35.0 Å². The van der Waals surface area contributed by atoms with Crippen molar-refractivity contribution in [2.45, 2.75) is 71.6 Å². The fourth-order valence-corrected chi connectivity index (χ4v) is 7.62. The standard InChI is InChI=1S/C33H39Cl2F3N6O2S/c1-32(2,3)30(46)39-16-18-6-11-23(34)28(27(18)35)42-31-41-24-14-22(29(45)40-20-9-7-19(8-10-20)33(36,37)38)25(15-26(24)44(31)5)43(4)21-12-13-47-17-21/h6,11,14-15,19,21H,7-10,12-13,16-17H2,1-5H3,(H,39,46)(H,41,42). The number of rotatable bonds is 7. The number of aliphatic imine (C=N–C) groups is 1. The molecule has 2 aromatic carbocycles. The maximum atomic E-state index is 13.7. The lowest BCUT2D eigenvalue weighted by molar-refractivity contribution is -0.178. The van der Waals surface area contributed by atoms with Crippen LogP contribution in [0.3, 0.4) is 0 Å². The Hall–Kier alpha value is -2.96. The number of imidazole rings is 1. The number of benzene rings is 2. The van der Waals surface area contributed by atoms with Gasteiger partial charge in [0.1, 0.15) is 0 Å². The van der Waals surface area contributed by atoms with Crippen molar-refractivity contribution in [3.8, 4) is 0 Å². The van der Waals surface area contributed by atoms with Crippen molar-refractivity contribution in [3.63, 3.8) is 0 Å². The highest BCUT2D eigenvalue weighted by molar-refractivity contribution is 7.99. The first-order chi connectivity index (χ1) is 22.0. The third kappa shape index (κ3) is 7.86. The molecule has 2 aliphatic rings. The summed E-state index contributed by atoms with van der Waals surface area (Å²) in [6.07, 6.45) is -3.13. The van der Waals surface area contributed by atoms with Gasteiger partial charge < -0.3 is 20.1 Å². The highest BCUT2D eigenvalue weighted by atomic mass is 35.5. The summed E-state index contributed by atoms with van der Waals surface area (Å²) in [6.45, 7) is 5.70. The van der Waals surface area contributed by atoms with E-state index in [-0.39, 0.29) is 44.2 Å². The molecule has 2 amide bonds. The average Bonchev–Trinajstić information content (AvgIpc) is 3.65. The molecule has 3 aromatic rings. The van der Waals surface area contributed by atoms with E-state index in [0.29, 0.717) is 49.7 Å². The summed E-state index contributed by atoms with van der Waals surface area (Å²) in [5, 5.41) is 6.85. The number of aromatic nitrogens is 2. The van der Waals surface area contributed by atoms with Crippen molar-refractivity contribution in [2.24, 2.45) is 23.4 Å². The van der Waals surface area contributed by atoms with Gasteiger partial charge >= 0.3 is 6.18 Å². The second-order valence-electron chi connectivity index (χ2n) is 13.2. The van der Waals surface area contributed by atoms with Crippen LogP contribution in [0.5, 0.6) is 0 Å². The number of nitrogens with zero attached hydrogens (tertiary/aromatic N) is 4. The van der Waals surface area contributed by atoms with Gasteiger partial charge in [0.05, 0.1) is 43.9 Å². The third-order valence-corrected chi connectivity index (χ3v) is 10.8. The van der Waals surface area contributed by atoms with Crippen molar-refractivity contribution in [1.82, 2.24) is 14.9 Å². The van der Waals surface area contributed by atoms with Gasteiger partial charge in [-0.15, -0.1) is 0 Å². The first-order valence-corrected chi connectivity index (χ1v) is 17.5. The normalized spacial score (nSPS) is 18.8. The zero-order valence-electron chi connectivity index (χ0n) is 27.0. The largest absolute Gasteiger partial charge is 0.391 e. The summed E-state index contributed by atoms with van der Waals surface area (Å²) in [5.74, 6) is 0.386. The Balaban J connectivity index is 1.48. The Morgan fingerprint density at radius 2 is 1.83 bits per heavy atom. The average molecular weight is 712 g/mol. The van der Waals surface area contributed by atoms with Gasteiger partial charge in [-0.05, 0) is 61.6 Å². The number of carbonyl (C=O) groups is 2. The molecular weight excluding hydrogens is 672 g/mol. The molecule has 5 rings (SSSR count). The van der Waals surface area contributed by atoms with Crippen molar-refractivity contribution in [1.29, 1.82) is 0 Å². The predicted octanol–water partition coefficient (Wildman–Crippen LogP) is 8.56. The second kappa shape index (κ2) is 13.9. The molecule has 14 heteroatoms.